The molecule has 0 fully saturated rings. The van der Waals surface area contributed by atoms with Gasteiger partial charge in [-0.3, -0.25) is 0 Å². The summed E-state index contributed by atoms with van der Waals surface area (Å²) in [5.41, 5.74) is 3.38. The Hall–Kier alpha value is -1.38. The molecule has 1 aliphatic heterocycles. The van der Waals surface area contributed by atoms with Crippen LogP contribution in [0.25, 0.3) is 0 Å². The molecule has 0 saturated heterocycles. The standard InChI is InChI=1S/C16H15Cl2NO/c17-10-13-9-14(18)5-6-15(13)19-7-8-20-16-4-2-1-3-12(16)11-19/h1-6,9H,7-8,10-11H2. The summed E-state index contributed by atoms with van der Waals surface area (Å²) in [5, 5.41) is 0.718. The van der Waals surface area contributed by atoms with Crippen LogP contribution < -0.4 is 9.64 Å². The largest absolute Gasteiger partial charge is 0.491 e. The molecule has 104 valence electrons. The first-order valence-electron chi connectivity index (χ1n) is 6.58. The van der Waals surface area contributed by atoms with Crippen LogP contribution in [0.5, 0.6) is 5.75 Å². The molecule has 3 rings (SSSR count). The molecule has 2 aromatic rings. The Bertz CT molecular complexity index is 615. The number of nitrogens with zero attached hydrogens (tertiary/aromatic N) is 1. The molecule has 2 nitrogen and oxygen atoms in total. The van der Waals surface area contributed by atoms with Gasteiger partial charge >= 0.3 is 0 Å². The summed E-state index contributed by atoms with van der Waals surface area (Å²) >= 11 is 12.1. The third kappa shape index (κ3) is 2.72. The first-order valence-corrected chi connectivity index (χ1v) is 7.49. The highest BCUT2D eigenvalue weighted by molar-refractivity contribution is 6.30. The Morgan fingerprint density at radius 3 is 2.85 bits per heavy atom. The highest BCUT2D eigenvalue weighted by Gasteiger charge is 2.17. The van der Waals surface area contributed by atoms with E-state index in [9.17, 15) is 0 Å². The summed E-state index contributed by atoms with van der Waals surface area (Å²) in [6.07, 6.45) is 0. The average molecular weight is 308 g/mol. The Balaban J connectivity index is 1.95. The van der Waals surface area contributed by atoms with Crippen molar-refractivity contribution in [3.8, 4) is 5.75 Å². The van der Waals surface area contributed by atoms with Crippen LogP contribution in [0.15, 0.2) is 42.5 Å². The first-order chi connectivity index (χ1) is 9.78. The molecule has 0 radical (unpaired) electrons. The van der Waals surface area contributed by atoms with E-state index in [2.05, 4.69) is 11.0 Å². The summed E-state index contributed by atoms with van der Waals surface area (Å²) in [4.78, 5) is 2.29. The van der Waals surface area contributed by atoms with Crippen molar-refractivity contribution in [3.05, 3.63) is 58.6 Å². The highest BCUT2D eigenvalue weighted by atomic mass is 35.5. The van der Waals surface area contributed by atoms with Gasteiger partial charge in [-0.2, -0.15) is 0 Å². The van der Waals surface area contributed by atoms with Crippen molar-refractivity contribution in [3.63, 3.8) is 0 Å². The van der Waals surface area contributed by atoms with Gasteiger partial charge in [-0.05, 0) is 29.8 Å². The molecule has 0 N–H and O–H groups in total. The van der Waals surface area contributed by atoms with E-state index in [-0.39, 0.29) is 0 Å². The molecule has 0 aliphatic carbocycles. The minimum absolute atomic E-state index is 0.453. The zero-order valence-electron chi connectivity index (χ0n) is 11.0. The third-order valence-electron chi connectivity index (χ3n) is 3.48. The molecule has 0 atom stereocenters. The van der Waals surface area contributed by atoms with Crippen LogP contribution in [-0.4, -0.2) is 13.2 Å². The fourth-order valence-electron chi connectivity index (χ4n) is 2.50. The van der Waals surface area contributed by atoms with E-state index < -0.39 is 0 Å². The van der Waals surface area contributed by atoms with Crippen LogP contribution in [-0.2, 0) is 12.4 Å². The van der Waals surface area contributed by atoms with E-state index in [1.165, 1.54) is 5.56 Å². The van der Waals surface area contributed by atoms with E-state index in [1.54, 1.807) is 0 Å². The van der Waals surface area contributed by atoms with Gasteiger partial charge in [-0.25, -0.2) is 0 Å². The second-order valence-electron chi connectivity index (χ2n) is 4.78. The van der Waals surface area contributed by atoms with Crippen LogP contribution in [0.3, 0.4) is 0 Å². The zero-order valence-corrected chi connectivity index (χ0v) is 12.5. The Kier molecular flexibility index (Phi) is 4.04. The second-order valence-corrected chi connectivity index (χ2v) is 5.49. The van der Waals surface area contributed by atoms with Crippen LogP contribution in [0.2, 0.25) is 5.02 Å². The molecule has 1 aliphatic rings. The first kappa shape index (κ1) is 13.6. The van der Waals surface area contributed by atoms with Crippen molar-refractivity contribution in [2.45, 2.75) is 12.4 Å². The lowest BCUT2D eigenvalue weighted by Crippen LogP contribution is -2.26. The van der Waals surface area contributed by atoms with Crippen molar-refractivity contribution in [2.75, 3.05) is 18.1 Å². The van der Waals surface area contributed by atoms with Crippen LogP contribution in [0.4, 0.5) is 5.69 Å². The van der Waals surface area contributed by atoms with Crippen LogP contribution in [0.1, 0.15) is 11.1 Å². The molecule has 0 spiro atoms. The molecule has 4 heteroatoms. The fourth-order valence-corrected chi connectivity index (χ4v) is 2.91. The topological polar surface area (TPSA) is 12.5 Å². The van der Waals surface area contributed by atoms with Gasteiger partial charge in [0.2, 0.25) is 0 Å². The van der Waals surface area contributed by atoms with Gasteiger partial charge in [0.15, 0.2) is 0 Å². The summed E-state index contributed by atoms with van der Waals surface area (Å²) < 4.78 is 5.80. The summed E-state index contributed by atoms with van der Waals surface area (Å²) in [5.74, 6) is 1.42. The van der Waals surface area contributed by atoms with Gasteiger partial charge in [-0.15, -0.1) is 11.6 Å². The number of hydrogen-bond donors (Lipinski definition) is 0. The molecule has 0 bridgehead atoms. The smallest absolute Gasteiger partial charge is 0.124 e. The maximum Gasteiger partial charge on any atom is 0.124 e. The van der Waals surface area contributed by atoms with E-state index in [4.69, 9.17) is 27.9 Å². The Labute approximate surface area is 128 Å². The molecular weight excluding hydrogens is 293 g/mol. The molecule has 2 aromatic carbocycles. The van der Waals surface area contributed by atoms with E-state index >= 15 is 0 Å². The number of fused-ring (bicyclic) bond motifs is 1. The number of anilines is 1. The predicted octanol–water partition coefficient (Wildman–Crippen LogP) is 4.48. The number of hydrogen-bond acceptors (Lipinski definition) is 2. The molecular formula is C16H15Cl2NO. The number of benzene rings is 2. The highest BCUT2D eigenvalue weighted by Crippen LogP contribution is 2.30. The van der Waals surface area contributed by atoms with Crippen molar-refractivity contribution in [1.29, 1.82) is 0 Å². The molecule has 0 saturated carbocycles. The monoisotopic (exact) mass is 307 g/mol. The van der Waals surface area contributed by atoms with E-state index in [0.717, 1.165) is 35.1 Å². The summed E-state index contributed by atoms with van der Waals surface area (Å²) in [6.45, 7) is 2.32. The van der Waals surface area contributed by atoms with E-state index in [0.29, 0.717) is 12.5 Å². The maximum absolute atomic E-state index is 6.05. The molecule has 0 unspecified atom stereocenters. The van der Waals surface area contributed by atoms with Crippen molar-refractivity contribution >= 4 is 28.9 Å². The number of para-hydroxylation sites is 1. The van der Waals surface area contributed by atoms with Crippen molar-refractivity contribution in [1.82, 2.24) is 0 Å². The lowest BCUT2D eigenvalue weighted by atomic mass is 10.1. The number of rotatable bonds is 2. The molecule has 20 heavy (non-hydrogen) atoms. The zero-order chi connectivity index (χ0) is 13.9. The number of halogens is 2. The van der Waals surface area contributed by atoms with Gasteiger partial charge in [-0.1, -0.05) is 29.8 Å². The summed E-state index contributed by atoms with van der Waals surface area (Å²) in [6, 6.07) is 14.0. The normalized spacial score (nSPS) is 14.4. The summed E-state index contributed by atoms with van der Waals surface area (Å²) in [7, 11) is 0. The third-order valence-corrected chi connectivity index (χ3v) is 4.00. The van der Waals surface area contributed by atoms with Gasteiger partial charge in [0, 0.05) is 28.7 Å². The number of alkyl halides is 1. The lowest BCUT2D eigenvalue weighted by Gasteiger charge is -2.24. The molecule has 1 heterocycles. The van der Waals surface area contributed by atoms with Crippen molar-refractivity contribution in [2.24, 2.45) is 0 Å². The van der Waals surface area contributed by atoms with Gasteiger partial charge in [0.05, 0.1) is 6.54 Å². The quantitative estimate of drug-likeness (QED) is 0.759. The van der Waals surface area contributed by atoms with Crippen molar-refractivity contribution < 1.29 is 4.74 Å². The maximum atomic E-state index is 6.05. The lowest BCUT2D eigenvalue weighted by molar-refractivity contribution is 0.331. The van der Waals surface area contributed by atoms with Crippen LogP contribution in [0, 0.1) is 0 Å². The Morgan fingerprint density at radius 1 is 1.15 bits per heavy atom. The van der Waals surface area contributed by atoms with Gasteiger partial charge in [0.25, 0.3) is 0 Å². The SMILES string of the molecule is ClCc1cc(Cl)ccc1N1CCOc2ccccc2C1. The molecule has 0 amide bonds. The van der Waals surface area contributed by atoms with Gasteiger partial charge in [0.1, 0.15) is 12.4 Å². The minimum atomic E-state index is 0.453. The minimum Gasteiger partial charge on any atom is -0.491 e. The predicted molar refractivity (Wildman–Crippen MR) is 84.0 cm³/mol. The number of ether oxygens (including phenoxy) is 1. The van der Waals surface area contributed by atoms with Gasteiger partial charge < -0.3 is 9.64 Å². The molecule has 0 aromatic heterocycles. The Morgan fingerprint density at radius 2 is 2.00 bits per heavy atom. The van der Waals surface area contributed by atoms with E-state index in [1.807, 2.05) is 36.4 Å². The average Bonchev–Trinajstić information content (AvgIpc) is 2.69. The van der Waals surface area contributed by atoms with Crippen LogP contribution >= 0.6 is 23.2 Å². The fraction of sp³-hybridized carbons (Fsp3) is 0.250. The second kappa shape index (κ2) is 5.94.